The summed E-state index contributed by atoms with van der Waals surface area (Å²) in [5.74, 6) is -0.995. The molecule has 4 rings (SSSR count). The Morgan fingerprint density at radius 2 is 2.08 bits per heavy atom. The number of nitrogens with zero attached hydrogens (tertiary/aromatic N) is 6. The maximum Gasteiger partial charge on any atom is 0.217 e. The summed E-state index contributed by atoms with van der Waals surface area (Å²) in [6.07, 6.45) is 6.14. The smallest absolute Gasteiger partial charge is 0.217 e. The molecule has 2 unspecified atom stereocenters. The normalized spacial score (nSPS) is 23.7. The van der Waals surface area contributed by atoms with Crippen LogP contribution in [0.15, 0.2) is 43.5 Å². The highest BCUT2D eigenvalue weighted by Gasteiger charge is 2.44. The van der Waals surface area contributed by atoms with Gasteiger partial charge >= 0.3 is 0 Å². The fourth-order valence-electron chi connectivity index (χ4n) is 2.78. The van der Waals surface area contributed by atoms with Gasteiger partial charge in [0.15, 0.2) is 0 Å². The van der Waals surface area contributed by atoms with Crippen LogP contribution < -0.4 is 0 Å². The predicted octanol–water partition coefficient (Wildman–Crippen LogP) is 1.80. The molecule has 3 heterocycles. The van der Waals surface area contributed by atoms with Crippen molar-refractivity contribution in [1.29, 1.82) is 0 Å². The number of ether oxygens (including phenoxy) is 2. The molecule has 1 aliphatic rings. The average molecular weight is 347 g/mol. The Labute approximate surface area is 143 Å². The highest BCUT2D eigenvalue weighted by Crippen LogP contribution is 2.39. The molecule has 1 fully saturated rings. The molecule has 8 nitrogen and oxygen atoms in total. The number of benzene rings is 1. The highest BCUT2D eigenvalue weighted by atomic mass is 35.5. The summed E-state index contributed by atoms with van der Waals surface area (Å²) in [7, 11) is 0. The van der Waals surface area contributed by atoms with E-state index in [0.29, 0.717) is 18.2 Å². The van der Waals surface area contributed by atoms with Gasteiger partial charge in [-0.1, -0.05) is 11.6 Å². The Hall–Kier alpha value is -2.29. The lowest BCUT2D eigenvalue weighted by Crippen LogP contribution is -2.34. The number of halogens is 1. The zero-order chi connectivity index (χ0) is 16.6. The summed E-state index contributed by atoms with van der Waals surface area (Å²) in [4.78, 5) is 7.91. The van der Waals surface area contributed by atoms with E-state index in [1.54, 1.807) is 22.0 Å². The number of aromatic nitrogens is 6. The summed E-state index contributed by atoms with van der Waals surface area (Å²) in [5.41, 5.74) is 1.55. The van der Waals surface area contributed by atoms with E-state index in [9.17, 15) is 0 Å². The van der Waals surface area contributed by atoms with Gasteiger partial charge in [-0.15, -0.1) is 0 Å². The van der Waals surface area contributed by atoms with Gasteiger partial charge in [0.2, 0.25) is 5.79 Å². The first-order chi connectivity index (χ1) is 11.7. The van der Waals surface area contributed by atoms with Crippen molar-refractivity contribution < 1.29 is 9.47 Å². The van der Waals surface area contributed by atoms with Crippen LogP contribution in [0.2, 0.25) is 5.02 Å². The second-order valence-electron chi connectivity index (χ2n) is 5.59. The van der Waals surface area contributed by atoms with Crippen molar-refractivity contribution in [3.63, 3.8) is 0 Å². The van der Waals surface area contributed by atoms with Gasteiger partial charge in [0, 0.05) is 5.56 Å². The summed E-state index contributed by atoms with van der Waals surface area (Å²) in [6, 6.07) is 5.59. The molecule has 2 atom stereocenters. The molecule has 1 saturated heterocycles. The van der Waals surface area contributed by atoms with E-state index in [0.717, 1.165) is 11.3 Å². The zero-order valence-corrected chi connectivity index (χ0v) is 13.7. The fraction of sp³-hybridized carbons (Fsp3) is 0.333. The van der Waals surface area contributed by atoms with Crippen LogP contribution >= 0.6 is 11.6 Å². The van der Waals surface area contributed by atoms with Gasteiger partial charge < -0.3 is 9.47 Å². The molecule has 9 heteroatoms. The van der Waals surface area contributed by atoms with Crippen molar-refractivity contribution in [3.8, 4) is 5.69 Å². The summed E-state index contributed by atoms with van der Waals surface area (Å²) in [6.45, 7) is 2.80. The van der Waals surface area contributed by atoms with Gasteiger partial charge in [-0.2, -0.15) is 10.2 Å². The molecule has 0 saturated carbocycles. The van der Waals surface area contributed by atoms with Crippen LogP contribution in [0.3, 0.4) is 0 Å². The van der Waals surface area contributed by atoms with Crippen molar-refractivity contribution >= 4 is 11.6 Å². The van der Waals surface area contributed by atoms with Crippen LogP contribution in [0, 0.1) is 0 Å². The minimum Gasteiger partial charge on any atom is -0.342 e. The second-order valence-corrected chi connectivity index (χ2v) is 6.00. The van der Waals surface area contributed by atoms with Gasteiger partial charge in [0.1, 0.15) is 31.9 Å². The third kappa shape index (κ3) is 2.68. The monoisotopic (exact) mass is 346 g/mol. The lowest BCUT2D eigenvalue weighted by Gasteiger charge is -2.29. The van der Waals surface area contributed by atoms with Crippen LogP contribution in [-0.2, 0) is 21.8 Å². The van der Waals surface area contributed by atoms with Crippen LogP contribution in [0.5, 0.6) is 0 Å². The van der Waals surface area contributed by atoms with E-state index in [4.69, 9.17) is 21.1 Å². The molecule has 1 aliphatic heterocycles. The molecule has 0 spiro atoms. The molecular weight excluding hydrogens is 332 g/mol. The van der Waals surface area contributed by atoms with E-state index < -0.39 is 5.79 Å². The van der Waals surface area contributed by atoms with E-state index >= 15 is 0 Å². The number of hydrogen-bond donors (Lipinski definition) is 0. The molecular formula is C15H15ClN6O2. The molecule has 1 aromatic carbocycles. The molecule has 124 valence electrons. The van der Waals surface area contributed by atoms with Crippen LogP contribution in [-0.4, -0.2) is 42.2 Å². The molecule has 0 bridgehead atoms. The van der Waals surface area contributed by atoms with Crippen molar-refractivity contribution in [3.05, 3.63) is 54.1 Å². The molecule has 3 aromatic rings. The Kier molecular flexibility index (Phi) is 3.79. The molecule has 0 radical (unpaired) electrons. The largest absolute Gasteiger partial charge is 0.342 e. The standard InChI is InChI=1S/C15H15ClN6O2/c1-11-5-23-15(24-11,6-21-9-17-7-19-21)13-3-2-12(4-14(13)16)22-10-18-8-20-22/h2-4,7-11H,5-6H2,1H3. The zero-order valence-electron chi connectivity index (χ0n) is 12.9. The first-order valence-electron chi connectivity index (χ1n) is 7.45. The minimum atomic E-state index is -0.995. The molecule has 0 N–H and O–H groups in total. The maximum absolute atomic E-state index is 6.54. The van der Waals surface area contributed by atoms with Gasteiger partial charge in [0.25, 0.3) is 0 Å². The number of hydrogen-bond acceptors (Lipinski definition) is 6. The predicted molar refractivity (Wildman–Crippen MR) is 84.6 cm³/mol. The van der Waals surface area contributed by atoms with Gasteiger partial charge in [-0.05, 0) is 25.1 Å². The Morgan fingerprint density at radius 1 is 1.25 bits per heavy atom. The van der Waals surface area contributed by atoms with E-state index in [1.165, 1.54) is 12.7 Å². The third-order valence-electron chi connectivity index (χ3n) is 3.83. The van der Waals surface area contributed by atoms with Gasteiger partial charge in [0.05, 0.1) is 23.4 Å². The lowest BCUT2D eigenvalue weighted by atomic mass is 10.0. The average Bonchev–Trinajstić information content (AvgIpc) is 3.30. The minimum absolute atomic E-state index is 0.0421. The lowest BCUT2D eigenvalue weighted by molar-refractivity contribution is -0.186. The first-order valence-corrected chi connectivity index (χ1v) is 7.83. The summed E-state index contributed by atoms with van der Waals surface area (Å²) >= 11 is 6.54. The summed E-state index contributed by atoms with van der Waals surface area (Å²) < 4.78 is 15.4. The molecule has 2 aromatic heterocycles. The topological polar surface area (TPSA) is 79.9 Å². The Bertz CT molecular complexity index is 823. The second kappa shape index (κ2) is 5.97. The SMILES string of the molecule is CC1COC(Cn2cncn2)(c2ccc(-n3cncn3)cc2Cl)O1. The molecule has 24 heavy (non-hydrogen) atoms. The van der Waals surface area contributed by atoms with E-state index in [2.05, 4.69) is 20.2 Å². The maximum atomic E-state index is 6.54. The Balaban J connectivity index is 1.73. The molecule has 0 amide bonds. The third-order valence-corrected chi connectivity index (χ3v) is 4.14. The van der Waals surface area contributed by atoms with E-state index in [-0.39, 0.29) is 6.10 Å². The Morgan fingerprint density at radius 3 is 2.71 bits per heavy atom. The number of rotatable bonds is 4. The fourth-order valence-corrected chi connectivity index (χ4v) is 3.10. The molecule has 0 aliphatic carbocycles. The first kappa shape index (κ1) is 15.3. The van der Waals surface area contributed by atoms with Crippen molar-refractivity contribution in [2.45, 2.75) is 25.4 Å². The van der Waals surface area contributed by atoms with Gasteiger partial charge in [-0.25, -0.2) is 19.3 Å². The van der Waals surface area contributed by atoms with E-state index in [1.807, 2.05) is 25.1 Å². The highest BCUT2D eigenvalue weighted by molar-refractivity contribution is 6.31. The van der Waals surface area contributed by atoms with Crippen LogP contribution in [0.25, 0.3) is 5.69 Å². The van der Waals surface area contributed by atoms with Crippen molar-refractivity contribution in [2.75, 3.05) is 6.61 Å². The van der Waals surface area contributed by atoms with Crippen LogP contribution in [0.4, 0.5) is 0 Å². The van der Waals surface area contributed by atoms with Crippen molar-refractivity contribution in [2.24, 2.45) is 0 Å². The summed E-state index contributed by atoms with van der Waals surface area (Å²) in [5, 5.41) is 8.78. The quantitative estimate of drug-likeness (QED) is 0.716. The van der Waals surface area contributed by atoms with Gasteiger partial charge in [-0.3, -0.25) is 0 Å². The van der Waals surface area contributed by atoms with Crippen LogP contribution in [0.1, 0.15) is 12.5 Å². The van der Waals surface area contributed by atoms with Crippen molar-refractivity contribution in [1.82, 2.24) is 29.5 Å².